The summed E-state index contributed by atoms with van der Waals surface area (Å²) in [4.78, 5) is 0.846. The number of fused-ring (bicyclic) bond motifs is 1. The molecule has 0 aliphatic heterocycles. The number of aromatic nitrogens is 1. The maximum Gasteiger partial charge on any atom is 0.311 e. The van der Waals surface area contributed by atoms with Gasteiger partial charge in [-0.05, 0) is 15.9 Å². The van der Waals surface area contributed by atoms with Crippen molar-refractivity contribution in [3.05, 3.63) is 26.2 Å². The number of aromatic hydroxyl groups is 1. The molecule has 68 valence electrons. The monoisotopic (exact) mass is 322 g/mol. The summed E-state index contributed by atoms with van der Waals surface area (Å²) < 4.78 is 3.61. The summed E-state index contributed by atoms with van der Waals surface area (Å²) in [6.45, 7) is 2.00. The molecule has 0 aromatic carbocycles. The highest BCUT2D eigenvalue weighted by Crippen LogP contribution is 2.31. The number of rotatable bonds is 0. The molecule has 2 aromatic rings. The first-order chi connectivity index (χ1) is 6.11. The molecule has 2 rings (SSSR count). The van der Waals surface area contributed by atoms with Gasteiger partial charge in [0.2, 0.25) is 5.75 Å². The minimum Gasteiger partial charge on any atom is -0.501 e. The molecule has 13 heavy (non-hydrogen) atoms. The molecule has 0 saturated carbocycles. The van der Waals surface area contributed by atoms with Gasteiger partial charge in [-0.15, -0.1) is 4.40 Å². The van der Waals surface area contributed by atoms with E-state index in [2.05, 4.69) is 31.9 Å². The molecule has 0 bridgehead atoms. The van der Waals surface area contributed by atoms with Crippen LogP contribution in [-0.4, -0.2) is 5.11 Å². The van der Waals surface area contributed by atoms with Gasteiger partial charge in [-0.1, -0.05) is 11.3 Å². The molecule has 0 unspecified atom stereocenters. The highest BCUT2D eigenvalue weighted by molar-refractivity contribution is 9.11. The van der Waals surface area contributed by atoms with Crippen LogP contribution in [0, 0.1) is 6.92 Å². The van der Waals surface area contributed by atoms with Crippen LogP contribution in [0.25, 0.3) is 4.83 Å². The Morgan fingerprint density at radius 3 is 2.85 bits per heavy atom. The van der Waals surface area contributed by atoms with E-state index in [0.29, 0.717) is 10.2 Å². The molecule has 0 aliphatic rings. The van der Waals surface area contributed by atoms with Gasteiger partial charge in [0.1, 0.15) is 0 Å². The molecule has 1 N–H and O–H groups in total. The second kappa shape index (κ2) is 3.22. The molecular weight excluding hydrogens is 318 g/mol. The number of halogens is 2. The molecular formula is C8H6Br2NOS+. The van der Waals surface area contributed by atoms with Crippen LogP contribution in [-0.2, 0) is 0 Å². The minimum absolute atomic E-state index is 0.293. The van der Waals surface area contributed by atoms with Crippen LogP contribution in [0.4, 0.5) is 0 Å². The number of hydrogen-bond donors (Lipinski definition) is 1. The molecule has 0 radical (unpaired) electrons. The van der Waals surface area contributed by atoms with Gasteiger partial charge in [0, 0.05) is 28.9 Å². The van der Waals surface area contributed by atoms with Crippen LogP contribution in [0.2, 0.25) is 0 Å². The number of aryl methyl sites for hydroxylation is 1. The summed E-state index contributed by atoms with van der Waals surface area (Å²) in [6.07, 6.45) is 0. The number of nitrogens with zero attached hydrogens (tertiary/aromatic N) is 1. The lowest BCUT2D eigenvalue weighted by atomic mass is 10.4. The van der Waals surface area contributed by atoms with Gasteiger partial charge in [0.05, 0.1) is 9.85 Å². The minimum atomic E-state index is 0.293. The van der Waals surface area contributed by atoms with E-state index < -0.39 is 0 Å². The summed E-state index contributed by atoms with van der Waals surface area (Å²) >= 11 is 8.25. The Labute approximate surface area is 96.1 Å². The highest BCUT2D eigenvalue weighted by Gasteiger charge is 2.20. The Balaban J connectivity index is 2.99. The average Bonchev–Trinajstić information content (AvgIpc) is 2.44. The van der Waals surface area contributed by atoms with Gasteiger partial charge in [-0.25, -0.2) is 0 Å². The summed E-state index contributed by atoms with van der Waals surface area (Å²) in [5.74, 6) is 0.293. The topological polar surface area (TPSA) is 24.3 Å². The lowest BCUT2D eigenvalue weighted by Gasteiger charge is -1.94. The van der Waals surface area contributed by atoms with Crippen molar-refractivity contribution in [3.8, 4) is 5.75 Å². The molecule has 2 heterocycles. The Morgan fingerprint density at radius 1 is 1.46 bits per heavy atom. The average molecular weight is 324 g/mol. The first kappa shape index (κ1) is 9.43. The van der Waals surface area contributed by atoms with E-state index in [-0.39, 0.29) is 0 Å². The van der Waals surface area contributed by atoms with E-state index >= 15 is 0 Å². The lowest BCUT2D eigenvalue weighted by molar-refractivity contribution is -0.528. The summed E-state index contributed by atoms with van der Waals surface area (Å²) in [5, 5.41) is 11.7. The summed E-state index contributed by atoms with van der Waals surface area (Å²) in [6, 6.07) is 1.84. The zero-order valence-corrected chi connectivity index (χ0v) is 10.7. The molecule has 2 nitrogen and oxygen atoms in total. The van der Waals surface area contributed by atoms with E-state index in [4.69, 9.17) is 0 Å². The number of hydrogen-bond acceptors (Lipinski definition) is 2. The molecule has 0 fully saturated rings. The standard InChI is InChI=1S/C8H5Br2NOS/c1-4-3-13-8-7(12)5(9)2-6(10)11(4)8/h2-3H,1H3/p+1. The van der Waals surface area contributed by atoms with Gasteiger partial charge >= 0.3 is 4.83 Å². The van der Waals surface area contributed by atoms with Crippen molar-refractivity contribution in [1.82, 2.24) is 0 Å². The van der Waals surface area contributed by atoms with Crippen LogP contribution in [0.5, 0.6) is 5.75 Å². The fraction of sp³-hybridized carbons (Fsp3) is 0.125. The van der Waals surface area contributed by atoms with Crippen LogP contribution in [0.1, 0.15) is 5.69 Å². The van der Waals surface area contributed by atoms with Crippen LogP contribution >= 0.6 is 43.2 Å². The lowest BCUT2D eigenvalue weighted by Crippen LogP contribution is -2.23. The first-order valence-corrected chi connectivity index (χ1v) is 6.04. The normalized spacial score (nSPS) is 11.0. The van der Waals surface area contributed by atoms with E-state index in [1.807, 2.05) is 22.8 Å². The Kier molecular flexibility index (Phi) is 2.33. The SMILES string of the molecule is Cc1csc2c(O)c(Br)cc(Br)[n+]12. The van der Waals surface area contributed by atoms with Crippen molar-refractivity contribution < 1.29 is 9.51 Å². The zero-order valence-electron chi connectivity index (χ0n) is 6.71. The fourth-order valence-electron chi connectivity index (χ4n) is 1.17. The van der Waals surface area contributed by atoms with Crippen LogP contribution in [0.3, 0.4) is 0 Å². The second-order valence-corrected chi connectivity index (χ2v) is 5.21. The zero-order chi connectivity index (χ0) is 9.59. The van der Waals surface area contributed by atoms with Crippen molar-refractivity contribution in [2.45, 2.75) is 6.92 Å². The van der Waals surface area contributed by atoms with Gasteiger partial charge in [-0.2, -0.15) is 0 Å². The molecule has 0 saturated heterocycles. The quantitative estimate of drug-likeness (QED) is 0.585. The van der Waals surface area contributed by atoms with Crippen LogP contribution in [0.15, 0.2) is 20.5 Å². The summed E-state index contributed by atoms with van der Waals surface area (Å²) in [5.41, 5.74) is 1.11. The third kappa shape index (κ3) is 1.39. The van der Waals surface area contributed by atoms with Crippen molar-refractivity contribution in [2.24, 2.45) is 0 Å². The molecule has 0 spiro atoms. The third-order valence-electron chi connectivity index (χ3n) is 1.79. The predicted octanol–water partition coefficient (Wildman–Crippen LogP) is 3.03. The van der Waals surface area contributed by atoms with Gasteiger partial charge in [0.15, 0.2) is 5.69 Å². The van der Waals surface area contributed by atoms with Crippen molar-refractivity contribution in [1.29, 1.82) is 0 Å². The van der Waals surface area contributed by atoms with Crippen molar-refractivity contribution >= 4 is 48.0 Å². The smallest absolute Gasteiger partial charge is 0.311 e. The second-order valence-electron chi connectivity index (χ2n) is 2.68. The Bertz CT molecular complexity index is 480. The molecule has 0 amide bonds. The predicted molar refractivity (Wildman–Crippen MR) is 59.3 cm³/mol. The number of pyridine rings is 1. The van der Waals surface area contributed by atoms with Crippen LogP contribution < -0.4 is 4.40 Å². The molecule has 5 heteroatoms. The molecule has 2 aromatic heterocycles. The Hall–Kier alpha value is -0.130. The summed E-state index contributed by atoms with van der Waals surface area (Å²) in [7, 11) is 0. The largest absolute Gasteiger partial charge is 0.501 e. The number of thiazole rings is 1. The van der Waals surface area contributed by atoms with E-state index in [1.54, 1.807) is 0 Å². The maximum absolute atomic E-state index is 9.72. The van der Waals surface area contributed by atoms with E-state index in [9.17, 15) is 5.11 Å². The van der Waals surface area contributed by atoms with E-state index in [1.165, 1.54) is 11.3 Å². The fourth-order valence-corrected chi connectivity index (χ4v) is 3.78. The third-order valence-corrected chi connectivity index (χ3v) is 4.03. The van der Waals surface area contributed by atoms with Gasteiger partial charge in [-0.3, -0.25) is 0 Å². The van der Waals surface area contributed by atoms with E-state index in [0.717, 1.165) is 15.1 Å². The maximum atomic E-state index is 9.72. The Morgan fingerprint density at radius 2 is 2.15 bits per heavy atom. The van der Waals surface area contributed by atoms with Crippen molar-refractivity contribution in [3.63, 3.8) is 0 Å². The molecule has 0 aliphatic carbocycles. The first-order valence-electron chi connectivity index (χ1n) is 3.58. The van der Waals surface area contributed by atoms with Gasteiger partial charge < -0.3 is 5.11 Å². The highest BCUT2D eigenvalue weighted by atomic mass is 79.9. The molecule has 0 atom stereocenters. The van der Waals surface area contributed by atoms with Gasteiger partial charge in [0.25, 0.3) is 4.60 Å². The van der Waals surface area contributed by atoms with Crippen molar-refractivity contribution in [2.75, 3.05) is 0 Å².